The van der Waals surface area contributed by atoms with Gasteiger partial charge >= 0.3 is 0 Å². The maximum absolute atomic E-state index is 6.06. The number of hydrogen-bond acceptors (Lipinski definition) is 5. The zero-order valence-corrected chi connectivity index (χ0v) is 11.0. The minimum absolute atomic E-state index is 0.422. The molecule has 1 heterocycles. The Hall–Kier alpha value is -1.72. The van der Waals surface area contributed by atoms with Gasteiger partial charge in [0.25, 0.3) is 0 Å². The third-order valence-corrected chi connectivity index (χ3v) is 2.85. The fourth-order valence-corrected chi connectivity index (χ4v) is 1.87. The zero-order valence-electron chi connectivity index (χ0n) is 9.54. The van der Waals surface area contributed by atoms with Gasteiger partial charge in [-0.05, 0) is 18.2 Å². The number of hydrogen-bond donors (Lipinski definition) is 3. The van der Waals surface area contributed by atoms with E-state index in [1.54, 1.807) is 25.2 Å². The SMILES string of the molecule is CNc1ncnc(Nc2ccc(Cl)cc2Cl)c1N. The van der Waals surface area contributed by atoms with E-state index in [9.17, 15) is 0 Å². The van der Waals surface area contributed by atoms with E-state index >= 15 is 0 Å². The first-order chi connectivity index (χ1) is 8.61. The van der Waals surface area contributed by atoms with Crippen LogP contribution in [0.2, 0.25) is 10.0 Å². The molecule has 0 aliphatic heterocycles. The van der Waals surface area contributed by atoms with Crippen LogP contribution in [-0.2, 0) is 0 Å². The highest BCUT2D eigenvalue weighted by atomic mass is 35.5. The van der Waals surface area contributed by atoms with Crippen LogP contribution in [0.5, 0.6) is 0 Å². The van der Waals surface area contributed by atoms with Crippen LogP contribution in [0.4, 0.5) is 23.0 Å². The van der Waals surface area contributed by atoms with E-state index in [-0.39, 0.29) is 0 Å². The molecule has 0 saturated heterocycles. The lowest BCUT2D eigenvalue weighted by Gasteiger charge is -2.11. The maximum Gasteiger partial charge on any atom is 0.159 e. The van der Waals surface area contributed by atoms with Gasteiger partial charge in [0, 0.05) is 12.1 Å². The van der Waals surface area contributed by atoms with Gasteiger partial charge in [-0.25, -0.2) is 9.97 Å². The van der Waals surface area contributed by atoms with Gasteiger partial charge in [-0.15, -0.1) is 0 Å². The lowest BCUT2D eigenvalue weighted by molar-refractivity contribution is 1.16. The molecule has 0 aliphatic rings. The Bertz CT molecular complexity index is 573. The van der Waals surface area contributed by atoms with Gasteiger partial charge in [-0.3, -0.25) is 0 Å². The molecule has 5 nitrogen and oxygen atoms in total. The van der Waals surface area contributed by atoms with Crippen molar-refractivity contribution in [3.8, 4) is 0 Å². The Labute approximate surface area is 114 Å². The molecule has 0 unspecified atom stereocenters. The van der Waals surface area contributed by atoms with E-state index < -0.39 is 0 Å². The number of nitrogens with one attached hydrogen (secondary N) is 2. The average Bonchev–Trinajstić information content (AvgIpc) is 2.35. The third-order valence-electron chi connectivity index (χ3n) is 2.30. The van der Waals surface area contributed by atoms with Gasteiger partial charge in [0.2, 0.25) is 0 Å². The van der Waals surface area contributed by atoms with Crippen LogP contribution in [0, 0.1) is 0 Å². The zero-order chi connectivity index (χ0) is 13.1. The van der Waals surface area contributed by atoms with Crippen LogP contribution < -0.4 is 16.4 Å². The number of benzene rings is 1. The summed E-state index contributed by atoms with van der Waals surface area (Å²) in [4.78, 5) is 8.06. The second kappa shape index (κ2) is 5.29. The van der Waals surface area contributed by atoms with Gasteiger partial charge in [-0.1, -0.05) is 23.2 Å². The standard InChI is InChI=1S/C11H11Cl2N5/c1-15-10-9(14)11(17-5-16-10)18-8-3-2-6(12)4-7(8)13/h2-5H,14H2,1H3,(H2,15,16,17,18). The molecule has 0 fully saturated rings. The van der Waals surface area contributed by atoms with Crippen molar-refractivity contribution in [1.82, 2.24) is 9.97 Å². The van der Waals surface area contributed by atoms with Gasteiger partial charge in [0.05, 0.1) is 10.7 Å². The molecule has 0 bridgehead atoms. The molecule has 4 N–H and O–H groups in total. The van der Waals surface area contributed by atoms with E-state index in [2.05, 4.69) is 20.6 Å². The molecular weight excluding hydrogens is 273 g/mol. The molecular formula is C11H11Cl2N5. The molecule has 18 heavy (non-hydrogen) atoms. The molecule has 0 atom stereocenters. The van der Waals surface area contributed by atoms with Crippen molar-refractivity contribution in [2.75, 3.05) is 23.4 Å². The van der Waals surface area contributed by atoms with Gasteiger partial charge < -0.3 is 16.4 Å². The number of nitrogens with zero attached hydrogens (tertiary/aromatic N) is 2. The predicted octanol–water partition coefficient (Wildman–Crippen LogP) is 3.15. The van der Waals surface area contributed by atoms with Crippen molar-refractivity contribution in [2.45, 2.75) is 0 Å². The first-order valence-corrected chi connectivity index (χ1v) is 5.87. The summed E-state index contributed by atoms with van der Waals surface area (Å²) in [7, 11) is 1.73. The highest BCUT2D eigenvalue weighted by Crippen LogP contribution is 2.30. The summed E-state index contributed by atoms with van der Waals surface area (Å²) in [5.41, 5.74) is 7.00. The fourth-order valence-electron chi connectivity index (χ4n) is 1.41. The predicted molar refractivity (Wildman–Crippen MR) is 75.7 cm³/mol. The summed E-state index contributed by atoms with van der Waals surface area (Å²) < 4.78 is 0. The lowest BCUT2D eigenvalue weighted by atomic mass is 10.3. The quantitative estimate of drug-likeness (QED) is 0.807. The van der Waals surface area contributed by atoms with E-state index in [1.807, 2.05) is 0 Å². The highest BCUT2D eigenvalue weighted by Gasteiger charge is 2.08. The molecule has 0 spiro atoms. The van der Waals surface area contributed by atoms with Crippen molar-refractivity contribution in [2.24, 2.45) is 0 Å². The smallest absolute Gasteiger partial charge is 0.159 e. The second-order valence-corrected chi connectivity index (χ2v) is 4.33. The number of halogens is 2. The van der Waals surface area contributed by atoms with Crippen LogP contribution in [0.15, 0.2) is 24.5 Å². The van der Waals surface area contributed by atoms with Gasteiger partial charge in [-0.2, -0.15) is 0 Å². The fraction of sp³-hybridized carbons (Fsp3) is 0.0909. The number of nitrogens with two attached hydrogens (primary N) is 1. The Morgan fingerprint density at radius 2 is 1.89 bits per heavy atom. The number of rotatable bonds is 3. The van der Waals surface area contributed by atoms with E-state index in [4.69, 9.17) is 28.9 Å². The maximum atomic E-state index is 6.06. The van der Waals surface area contributed by atoms with Crippen molar-refractivity contribution in [1.29, 1.82) is 0 Å². The molecule has 0 amide bonds. The average molecular weight is 284 g/mol. The molecule has 2 rings (SSSR count). The first kappa shape index (κ1) is 12.7. The molecule has 1 aromatic carbocycles. The topological polar surface area (TPSA) is 75.9 Å². The summed E-state index contributed by atoms with van der Waals surface area (Å²) >= 11 is 11.9. The Morgan fingerprint density at radius 1 is 1.17 bits per heavy atom. The normalized spacial score (nSPS) is 10.2. The minimum atomic E-state index is 0.422. The molecule has 1 aromatic heterocycles. The number of nitrogen functional groups attached to an aromatic ring is 1. The molecule has 7 heteroatoms. The van der Waals surface area contributed by atoms with Crippen molar-refractivity contribution < 1.29 is 0 Å². The summed E-state index contributed by atoms with van der Waals surface area (Å²) in [5, 5.41) is 6.97. The van der Waals surface area contributed by atoms with Gasteiger partial charge in [0.15, 0.2) is 11.6 Å². The number of aromatic nitrogens is 2. The minimum Gasteiger partial charge on any atom is -0.393 e. The van der Waals surface area contributed by atoms with Gasteiger partial charge in [0.1, 0.15) is 12.0 Å². The third kappa shape index (κ3) is 2.57. The Morgan fingerprint density at radius 3 is 2.56 bits per heavy atom. The Kier molecular flexibility index (Phi) is 3.74. The summed E-state index contributed by atoms with van der Waals surface area (Å²) in [6.45, 7) is 0. The molecule has 0 radical (unpaired) electrons. The Balaban J connectivity index is 2.34. The molecule has 0 saturated carbocycles. The highest BCUT2D eigenvalue weighted by molar-refractivity contribution is 6.36. The van der Waals surface area contributed by atoms with Crippen LogP contribution in [0.1, 0.15) is 0 Å². The molecule has 94 valence electrons. The van der Waals surface area contributed by atoms with E-state index in [0.29, 0.717) is 33.1 Å². The van der Waals surface area contributed by atoms with Crippen molar-refractivity contribution in [3.05, 3.63) is 34.6 Å². The summed E-state index contributed by atoms with van der Waals surface area (Å²) in [6.07, 6.45) is 1.41. The lowest BCUT2D eigenvalue weighted by Crippen LogP contribution is -2.05. The largest absolute Gasteiger partial charge is 0.393 e. The van der Waals surface area contributed by atoms with Crippen LogP contribution in [-0.4, -0.2) is 17.0 Å². The van der Waals surface area contributed by atoms with Crippen molar-refractivity contribution >= 4 is 46.2 Å². The van der Waals surface area contributed by atoms with Crippen molar-refractivity contribution in [3.63, 3.8) is 0 Å². The monoisotopic (exact) mass is 283 g/mol. The second-order valence-electron chi connectivity index (χ2n) is 3.48. The van der Waals surface area contributed by atoms with E-state index in [1.165, 1.54) is 6.33 Å². The van der Waals surface area contributed by atoms with Crippen LogP contribution >= 0.6 is 23.2 Å². The van der Waals surface area contributed by atoms with Crippen LogP contribution in [0.25, 0.3) is 0 Å². The number of anilines is 4. The van der Waals surface area contributed by atoms with Crippen LogP contribution in [0.3, 0.4) is 0 Å². The molecule has 2 aromatic rings. The molecule has 0 aliphatic carbocycles. The summed E-state index contributed by atoms with van der Waals surface area (Å²) in [5.74, 6) is 1.04. The summed E-state index contributed by atoms with van der Waals surface area (Å²) in [6, 6.07) is 5.12. The van der Waals surface area contributed by atoms with E-state index in [0.717, 1.165) is 0 Å². The first-order valence-electron chi connectivity index (χ1n) is 5.12.